The molecule has 0 unspecified atom stereocenters. The number of rotatable bonds is 4. The quantitative estimate of drug-likeness (QED) is 0.192. The van der Waals surface area contributed by atoms with Crippen LogP contribution in [0.15, 0.2) is 177 Å². The first-order valence-electron chi connectivity index (χ1n) is 16.8. The Labute approximate surface area is 286 Å². The number of anilines is 3. The monoisotopic (exact) mass is 641 g/mol. The van der Waals surface area contributed by atoms with E-state index < -0.39 is 0 Å². The van der Waals surface area contributed by atoms with Gasteiger partial charge in [0, 0.05) is 61.7 Å². The van der Waals surface area contributed by atoms with Crippen LogP contribution in [0.5, 0.6) is 0 Å². The summed E-state index contributed by atoms with van der Waals surface area (Å²) in [5, 5.41) is 10.2. The second kappa shape index (κ2) is 10.4. The SMILES string of the molecule is c1ccc2cc3c(cc2c1)oc1cc(N(c2ccc(-c4cc5ccccc5o4)cc2)c2ccc4c(c2)oc2cc5ccccc5cc24)ccc13. The lowest BCUT2D eigenvalue weighted by molar-refractivity contribution is 0.631. The predicted octanol–water partition coefficient (Wildman–Crippen LogP) is 13.7. The Bertz CT molecular complexity index is 2920. The molecule has 0 saturated heterocycles. The zero-order valence-corrected chi connectivity index (χ0v) is 26.8. The average molecular weight is 642 g/mol. The van der Waals surface area contributed by atoms with E-state index in [4.69, 9.17) is 13.3 Å². The Morgan fingerprint density at radius 1 is 0.300 bits per heavy atom. The van der Waals surface area contributed by atoms with Crippen LogP contribution in [0.1, 0.15) is 0 Å². The van der Waals surface area contributed by atoms with Crippen molar-refractivity contribution < 1.29 is 13.3 Å². The number of benzene rings is 8. The fourth-order valence-electron chi connectivity index (χ4n) is 7.53. The number of hydrogen-bond donors (Lipinski definition) is 0. The Balaban J connectivity index is 1.08. The number of hydrogen-bond acceptors (Lipinski definition) is 4. The molecule has 234 valence electrons. The smallest absolute Gasteiger partial charge is 0.137 e. The van der Waals surface area contributed by atoms with Gasteiger partial charge in [0.2, 0.25) is 0 Å². The normalized spacial score (nSPS) is 12.0. The standard InChI is InChI=1S/C46H27NO3/c1-3-9-31-23-43-39(21-29(31)7-1)37-19-17-35(26-45(37)49-43)47(34-15-13-28(14-16-34)42-25-33-11-5-6-12-41(33)48-42)36-18-20-38-40-22-30-8-2-4-10-32(30)24-44(40)50-46(38)27-36/h1-27H. The van der Waals surface area contributed by atoms with Crippen LogP contribution in [0.4, 0.5) is 17.1 Å². The molecule has 4 nitrogen and oxygen atoms in total. The minimum absolute atomic E-state index is 0.841. The highest BCUT2D eigenvalue weighted by molar-refractivity contribution is 6.12. The molecule has 4 heteroatoms. The molecule has 0 saturated carbocycles. The molecule has 0 N–H and O–H groups in total. The molecule has 0 atom stereocenters. The molecule has 0 radical (unpaired) electrons. The minimum atomic E-state index is 0.841. The lowest BCUT2D eigenvalue weighted by Crippen LogP contribution is -2.09. The highest BCUT2D eigenvalue weighted by atomic mass is 16.3. The van der Waals surface area contributed by atoms with E-state index in [1.165, 1.54) is 10.8 Å². The van der Waals surface area contributed by atoms with Gasteiger partial charge in [0.15, 0.2) is 0 Å². The first-order valence-corrected chi connectivity index (χ1v) is 16.8. The fraction of sp³-hybridized carbons (Fsp3) is 0. The van der Waals surface area contributed by atoms with Crippen LogP contribution in [0.25, 0.3) is 87.7 Å². The number of para-hydroxylation sites is 1. The van der Waals surface area contributed by atoms with Gasteiger partial charge in [-0.05, 0) is 106 Å². The molecule has 11 aromatic rings. The van der Waals surface area contributed by atoms with E-state index in [0.29, 0.717) is 0 Å². The van der Waals surface area contributed by atoms with Gasteiger partial charge >= 0.3 is 0 Å². The van der Waals surface area contributed by atoms with E-state index in [-0.39, 0.29) is 0 Å². The molecular weight excluding hydrogens is 615 g/mol. The molecule has 8 aromatic carbocycles. The maximum atomic E-state index is 6.52. The molecule has 11 rings (SSSR count). The second-order valence-corrected chi connectivity index (χ2v) is 13.0. The van der Waals surface area contributed by atoms with Crippen molar-refractivity contribution in [1.29, 1.82) is 0 Å². The molecule has 0 aliphatic heterocycles. The predicted molar refractivity (Wildman–Crippen MR) is 206 cm³/mol. The van der Waals surface area contributed by atoms with Crippen LogP contribution >= 0.6 is 0 Å². The molecule has 0 amide bonds. The fourth-order valence-corrected chi connectivity index (χ4v) is 7.53. The summed E-state index contributed by atoms with van der Waals surface area (Å²) in [5.41, 5.74) is 8.32. The Hall–Kier alpha value is -6.78. The zero-order valence-electron chi connectivity index (χ0n) is 26.8. The van der Waals surface area contributed by atoms with Gasteiger partial charge in [-0.15, -0.1) is 0 Å². The van der Waals surface area contributed by atoms with E-state index in [0.717, 1.165) is 94.0 Å². The van der Waals surface area contributed by atoms with Crippen LogP contribution in [0, 0.1) is 0 Å². The molecule has 50 heavy (non-hydrogen) atoms. The van der Waals surface area contributed by atoms with Gasteiger partial charge in [-0.25, -0.2) is 0 Å². The average Bonchev–Trinajstić information content (AvgIpc) is 3.85. The van der Waals surface area contributed by atoms with Crippen molar-refractivity contribution in [1.82, 2.24) is 0 Å². The van der Waals surface area contributed by atoms with E-state index in [9.17, 15) is 0 Å². The molecule has 0 spiro atoms. The van der Waals surface area contributed by atoms with Crippen molar-refractivity contribution in [3.05, 3.63) is 164 Å². The van der Waals surface area contributed by atoms with Crippen molar-refractivity contribution >= 4 is 93.5 Å². The summed E-state index contributed by atoms with van der Waals surface area (Å²) in [6.45, 7) is 0. The Kier molecular flexibility index (Phi) is 5.63. The van der Waals surface area contributed by atoms with E-state index in [1.807, 2.05) is 18.2 Å². The summed E-state index contributed by atoms with van der Waals surface area (Å²) in [6, 6.07) is 57.3. The molecule has 0 bridgehead atoms. The molecule has 3 heterocycles. The largest absolute Gasteiger partial charge is 0.456 e. The van der Waals surface area contributed by atoms with Gasteiger partial charge in [0.05, 0.1) is 0 Å². The summed E-state index contributed by atoms with van der Waals surface area (Å²) in [5.74, 6) is 0.844. The Morgan fingerprint density at radius 3 is 1.30 bits per heavy atom. The lowest BCUT2D eigenvalue weighted by atomic mass is 10.0. The first kappa shape index (κ1) is 27.2. The van der Waals surface area contributed by atoms with Gasteiger partial charge in [-0.3, -0.25) is 0 Å². The maximum Gasteiger partial charge on any atom is 0.137 e. The van der Waals surface area contributed by atoms with Crippen molar-refractivity contribution in [2.45, 2.75) is 0 Å². The third-order valence-corrected chi connectivity index (χ3v) is 10.00. The van der Waals surface area contributed by atoms with Crippen LogP contribution in [-0.2, 0) is 0 Å². The summed E-state index contributed by atoms with van der Waals surface area (Å²) in [7, 11) is 0. The maximum absolute atomic E-state index is 6.52. The van der Waals surface area contributed by atoms with Crippen molar-refractivity contribution in [2.24, 2.45) is 0 Å². The molecule has 0 aliphatic rings. The first-order chi connectivity index (χ1) is 24.7. The topological polar surface area (TPSA) is 42.7 Å². The van der Waals surface area contributed by atoms with Crippen LogP contribution in [0.2, 0.25) is 0 Å². The van der Waals surface area contributed by atoms with Crippen molar-refractivity contribution in [3.63, 3.8) is 0 Å². The van der Waals surface area contributed by atoms with Gasteiger partial charge in [0.25, 0.3) is 0 Å². The van der Waals surface area contributed by atoms with Gasteiger partial charge in [0.1, 0.15) is 33.7 Å². The van der Waals surface area contributed by atoms with Crippen molar-refractivity contribution in [2.75, 3.05) is 4.90 Å². The summed E-state index contributed by atoms with van der Waals surface area (Å²) >= 11 is 0. The number of nitrogens with zero attached hydrogens (tertiary/aromatic N) is 1. The summed E-state index contributed by atoms with van der Waals surface area (Å²) < 4.78 is 19.2. The van der Waals surface area contributed by atoms with Gasteiger partial charge in [-0.1, -0.05) is 66.7 Å². The van der Waals surface area contributed by atoms with Crippen LogP contribution in [-0.4, -0.2) is 0 Å². The lowest BCUT2D eigenvalue weighted by Gasteiger charge is -2.25. The van der Waals surface area contributed by atoms with Crippen LogP contribution in [0.3, 0.4) is 0 Å². The molecule has 0 aliphatic carbocycles. The highest BCUT2D eigenvalue weighted by Crippen LogP contribution is 2.42. The third-order valence-electron chi connectivity index (χ3n) is 10.00. The highest BCUT2D eigenvalue weighted by Gasteiger charge is 2.19. The molecule has 3 aromatic heterocycles. The Morgan fingerprint density at radius 2 is 0.760 bits per heavy atom. The van der Waals surface area contributed by atoms with E-state index >= 15 is 0 Å². The second-order valence-electron chi connectivity index (χ2n) is 13.0. The van der Waals surface area contributed by atoms with E-state index in [1.54, 1.807) is 0 Å². The zero-order chi connectivity index (χ0) is 32.8. The summed E-state index contributed by atoms with van der Waals surface area (Å²) in [4.78, 5) is 2.26. The number of furan rings is 3. The third kappa shape index (κ3) is 4.19. The minimum Gasteiger partial charge on any atom is -0.456 e. The van der Waals surface area contributed by atoms with Crippen LogP contribution < -0.4 is 4.90 Å². The number of fused-ring (bicyclic) bond motifs is 9. The molecular formula is C46H27NO3. The van der Waals surface area contributed by atoms with Crippen molar-refractivity contribution in [3.8, 4) is 11.3 Å². The van der Waals surface area contributed by atoms with E-state index in [2.05, 4.69) is 150 Å². The summed E-state index contributed by atoms with van der Waals surface area (Å²) in [6.07, 6.45) is 0. The van der Waals surface area contributed by atoms with Gasteiger partial charge < -0.3 is 18.2 Å². The van der Waals surface area contributed by atoms with Gasteiger partial charge in [-0.2, -0.15) is 0 Å². The molecule has 0 fully saturated rings.